The Balaban J connectivity index is 1.06. The third-order valence-corrected chi connectivity index (χ3v) is 8.26. The van der Waals surface area contributed by atoms with Gasteiger partial charge in [0.2, 0.25) is 0 Å². The minimum Gasteiger partial charge on any atom is -0.493 e. The summed E-state index contributed by atoms with van der Waals surface area (Å²) in [5, 5.41) is 7.44. The number of nitrogens with zero attached hydrogens (tertiary/aromatic N) is 2. The van der Waals surface area contributed by atoms with Crippen LogP contribution in [0.3, 0.4) is 0 Å². The van der Waals surface area contributed by atoms with Crippen molar-refractivity contribution in [1.29, 1.82) is 0 Å². The SMILES string of the molecule is COc1cc2c(Oc3ccc(NCC4(CNc5ccc(F)cc5)CC4)cc3F)ccnc2cc1OCCCN1CCOCC1. The third-order valence-electron chi connectivity index (χ3n) is 8.26. The lowest BCUT2D eigenvalue weighted by molar-refractivity contribution is 0.0357. The smallest absolute Gasteiger partial charge is 0.167 e. The molecule has 232 valence electrons. The molecule has 4 aromatic rings. The fourth-order valence-electron chi connectivity index (χ4n) is 5.34. The Kier molecular flexibility index (Phi) is 9.28. The van der Waals surface area contributed by atoms with Crippen LogP contribution in [0.5, 0.6) is 23.0 Å². The molecule has 2 heterocycles. The second-order valence-electron chi connectivity index (χ2n) is 11.4. The molecule has 0 unspecified atom stereocenters. The number of halogens is 2. The van der Waals surface area contributed by atoms with E-state index in [1.165, 1.54) is 18.2 Å². The number of methoxy groups -OCH3 is 1. The molecule has 0 atom stereocenters. The summed E-state index contributed by atoms with van der Waals surface area (Å²) in [7, 11) is 1.59. The van der Waals surface area contributed by atoms with Crippen LogP contribution >= 0.6 is 0 Å². The van der Waals surface area contributed by atoms with Gasteiger partial charge in [-0.05, 0) is 67.8 Å². The Hall–Kier alpha value is -4.15. The number of hydrogen-bond donors (Lipinski definition) is 2. The fourth-order valence-corrected chi connectivity index (χ4v) is 5.34. The van der Waals surface area contributed by atoms with Crippen molar-refractivity contribution in [3.63, 3.8) is 0 Å². The molecule has 1 aromatic heterocycles. The Morgan fingerprint density at radius 3 is 2.34 bits per heavy atom. The summed E-state index contributed by atoms with van der Waals surface area (Å²) in [6.07, 6.45) is 4.65. The largest absolute Gasteiger partial charge is 0.493 e. The molecule has 2 N–H and O–H groups in total. The topological polar surface area (TPSA) is 77.1 Å². The molecule has 1 aliphatic heterocycles. The molecule has 44 heavy (non-hydrogen) atoms. The maximum absolute atomic E-state index is 15.2. The van der Waals surface area contributed by atoms with Crippen molar-refractivity contribution in [2.75, 3.05) is 70.3 Å². The molecule has 0 amide bonds. The quantitative estimate of drug-likeness (QED) is 0.154. The summed E-state index contributed by atoms with van der Waals surface area (Å²) in [5.41, 5.74) is 2.31. The van der Waals surface area contributed by atoms with E-state index in [1.807, 2.05) is 18.2 Å². The lowest BCUT2D eigenvalue weighted by atomic mass is 10.1. The number of benzene rings is 3. The predicted octanol–water partition coefficient (Wildman–Crippen LogP) is 6.72. The van der Waals surface area contributed by atoms with Gasteiger partial charge in [-0.25, -0.2) is 8.78 Å². The van der Waals surface area contributed by atoms with E-state index in [9.17, 15) is 4.39 Å². The van der Waals surface area contributed by atoms with Crippen molar-refractivity contribution in [3.05, 3.63) is 78.5 Å². The van der Waals surface area contributed by atoms with Crippen LogP contribution in [0.4, 0.5) is 20.2 Å². The highest BCUT2D eigenvalue weighted by Gasteiger charge is 2.42. The molecule has 1 saturated heterocycles. The van der Waals surface area contributed by atoms with Crippen molar-refractivity contribution in [2.45, 2.75) is 19.3 Å². The van der Waals surface area contributed by atoms with E-state index < -0.39 is 5.82 Å². The first-order valence-electron chi connectivity index (χ1n) is 15.1. The van der Waals surface area contributed by atoms with E-state index in [0.29, 0.717) is 47.0 Å². The summed E-state index contributed by atoms with van der Waals surface area (Å²) in [4.78, 5) is 6.86. The number of morpholine rings is 1. The summed E-state index contributed by atoms with van der Waals surface area (Å²) in [6.45, 7) is 6.41. The van der Waals surface area contributed by atoms with Gasteiger partial charge in [-0.15, -0.1) is 0 Å². The van der Waals surface area contributed by atoms with Gasteiger partial charge in [0.15, 0.2) is 23.1 Å². The lowest BCUT2D eigenvalue weighted by Gasteiger charge is -2.26. The van der Waals surface area contributed by atoms with Crippen LogP contribution in [0.2, 0.25) is 0 Å². The second-order valence-corrected chi connectivity index (χ2v) is 11.4. The lowest BCUT2D eigenvalue weighted by Crippen LogP contribution is -2.37. The van der Waals surface area contributed by atoms with E-state index in [0.717, 1.165) is 64.3 Å². The monoisotopic (exact) mass is 604 g/mol. The number of pyridine rings is 1. The molecule has 0 radical (unpaired) electrons. The first-order valence-corrected chi connectivity index (χ1v) is 15.1. The normalized spacial score (nSPS) is 16.0. The van der Waals surface area contributed by atoms with Crippen LogP contribution in [0.15, 0.2) is 66.9 Å². The van der Waals surface area contributed by atoms with Gasteiger partial charge in [-0.3, -0.25) is 9.88 Å². The Labute approximate surface area is 256 Å². The fraction of sp³-hybridized carbons (Fsp3) is 0.382. The molecule has 1 saturated carbocycles. The zero-order chi connectivity index (χ0) is 30.4. The number of anilines is 2. The number of rotatable bonds is 14. The van der Waals surface area contributed by atoms with Crippen LogP contribution < -0.4 is 24.8 Å². The summed E-state index contributed by atoms with van der Waals surface area (Å²) in [5.74, 6) is 1.02. The average molecular weight is 605 g/mol. The van der Waals surface area contributed by atoms with Gasteiger partial charge in [0.1, 0.15) is 11.6 Å². The van der Waals surface area contributed by atoms with Crippen molar-refractivity contribution in [1.82, 2.24) is 9.88 Å². The number of fused-ring (bicyclic) bond motifs is 1. The highest BCUT2D eigenvalue weighted by molar-refractivity contribution is 5.88. The average Bonchev–Trinajstić information content (AvgIpc) is 3.83. The number of ether oxygens (including phenoxy) is 4. The van der Waals surface area contributed by atoms with Crippen molar-refractivity contribution < 1.29 is 27.7 Å². The van der Waals surface area contributed by atoms with E-state index in [1.54, 1.807) is 37.6 Å². The van der Waals surface area contributed by atoms with Crippen LogP contribution in [-0.4, -0.2) is 69.5 Å². The summed E-state index contributed by atoms with van der Waals surface area (Å²) < 4.78 is 51.5. The Morgan fingerprint density at radius 2 is 1.61 bits per heavy atom. The van der Waals surface area contributed by atoms with Gasteiger partial charge in [-0.2, -0.15) is 0 Å². The number of aromatic nitrogens is 1. The molecule has 1 aliphatic carbocycles. The molecule has 10 heteroatoms. The Morgan fingerprint density at radius 1 is 0.864 bits per heavy atom. The predicted molar refractivity (Wildman–Crippen MR) is 167 cm³/mol. The second kappa shape index (κ2) is 13.7. The van der Waals surface area contributed by atoms with Gasteiger partial charge in [0.05, 0.1) is 32.4 Å². The van der Waals surface area contributed by atoms with Crippen molar-refractivity contribution in [2.24, 2.45) is 5.41 Å². The van der Waals surface area contributed by atoms with Gasteiger partial charge < -0.3 is 29.6 Å². The van der Waals surface area contributed by atoms with Gasteiger partial charge in [0, 0.05) is 73.2 Å². The highest BCUT2D eigenvalue weighted by atomic mass is 19.1. The zero-order valence-electron chi connectivity index (χ0n) is 24.9. The van der Waals surface area contributed by atoms with Gasteiger partial charge in [0.25, 0.3) is 0 Å². The zero-order valence-corrected chi connectivity index (χ0v) is 24.9. The van der Waals surface area contributed by atoms with E-state index in [4.69, 9.17) is 18.9 Å². The minimum absolute atomic E-state index is 0.0837. The van der Waals surface area contributed by atoms with Gasteiger partial charge >= 0.3 is 0 Å². The number of nitrogens with one attached hydrogen (secondary N) is 2. The standard InChI is InChI=1S/C34H38F2N4O4/c1-41-32-20-27-29(21-33(32)43-16-2-13-40-14-17-42-18-15-40)37-12-9-30(27)44-31-8-7-26(19-28(31)36)39-23-34(10-11-34)22-38-25-5-3-24(35)4-6-25/h3-9,12,19-21,38-39H,2,10-11,13-18,22-23H2,1H3. The molecule has 0 bridgehead atoms. The van der Waals surface area contributed by atoms with E-state index in [2.05, 4.69) is 20.5 Å². The molecule has 2 fully saturated rings. The maximum atomic E-state index is 15.2. The molecule has 2 aliphatic rings. The molecule has 6 rings (SSSR count). The first-order chi connectivity index (χ1) is 21.5. The van der Waals surface area contributed by atoms with Crippen LogP contribution in [0, 0.1) is 17.0 Å². The highest BCUT2D eigenvalue weighted by Crippen LogP contribution is 2.46. The van der Waals surface area contributed by atoms with Crippen LogP contribution in [0.25, 0.3) is 10.9 Å². The number of hydrogen-bond acceptors (Lipinski definition) is 8. The van der Waals surface area contributed by atoms with Crippen molar-refractivity contribution in [3.8, 4) is 23.0 Å². The Bertz CT molecular complexity index is 1560. The van der Waals surface area contributed by atoms with Gasteiger partial charge in [-0.1, -0.05) is 0 Å². The van der Waals surface area contributed by atoms with Crippen molar-refractivity contribution >= 4 is 22.3 Å². The maximum Gasteiger partial charge on any atom is 0.167 e. The molecule has 3 aromatic carbocycles. The molecule has 8 nitrogen and oxygen atoms in total. The molecular weight excluding hydrogens is 566 g/mol. The van der Waals surface area contributed by atoms with Crippen LogP contribution in [0.1, 0.15) is 19.3 Å². The third kappa shape index (κ3) is 7.49. The minimum atomic E-state index is -0.471. The van der Waals surface area contributed by atoms with E-state index in [-0.39, 0.29) is 17.0 Å². The summed E-state index contributed by atoms with van der Waals surface area (Å²) in [6, 6.07) is 16.6. The van der Waals surface area contributed by atoms with Crippen LogP contribution in [-0.2, 0) is 4.74 Å². The molecular formula is C34H38F2N4O4. The van der Waals surface area contributed by atoms with E-state index >= 15 is 4.39 Å². The summed E-state index contributed by atoms with van der Waals surface area (Å²) >= 11 is 0. The first kappa shape index (κ1) is 29.9. The molecule has 0 spiro atoms.